The Morgan fingerprint density at radius 3 is 2.70 bits per heavy atom. The van der Waals surface area contributed by atoms with Crippen molar-refractivity contribution < 1.29 is 9.66 Å². The van der Waals surface area contributed by atoms with Gasteiger partial charge in [-0.25, -0.2) is 4.98 Å². The first-order chi connectivity index (χ1) is 9.51. The average Bonchev–Trinajstić information content (AvgIpc) is 2.38. The molecule has 1 heterocycles. The van der Waals surface area contributed by atoms with Crippen LogP contribution in [0, 0.1) is 35.3 Å². The van der Waals surface area contributed by atoms with Gasteiger partial charge in [-0.2, -0.15) is 5.26 Å². The number of ether oxygens (including phenoxy) is 1. The molecule has 0 radical (unpaired) electrons. The highest BCUT2D eigenvalue weighted by atomic mass is 16.6. The molecule has 1 aromatic heterocycles. The van der Waals surface area contributed by atoms with Crippen molar-refractivity contribution in [3.63, 3.8) is 0 Å². The standard InChI is InChI=1S/C14H11N3O3/c1-9-3-6-12(17(18)19)13(7-9)20-14-11(8-15)5-4-10(2)16-14/h3-7H,1-2H3. The maximum atomic E-state index is 11.0. The molecule has 0 spiro atoms. The van der Waals surface area contributed by atoms with Crippen LogP contribution in [0.1, 0.15) is 16.8 Å². The molecular weight excluding hydrogens is 258 g/mol. The predicted molar refractivity (Wildman–Crippen MR) is 71.6 cm³/mol. The second kappa shape index (κ2) is 5.36. The van der Waals surface area contributed by atoms with Gasteiger partial charge in [0.05, 0.1) is 4.92 Å². The molecule has 0 saturated heterocycles. The first-order valence-corrected chi connectivity index (χ1v) is 5.82. The number of nitrogens with zero attached hydrogens (tertiary/aromatic N) is 3. The smallest absolute Gasteiger partial charge is 0.311 e. The van der Waals surface area contributed by atoms with Gasteiger partial charge in [0.15, 0.2) is 0 Å². The van der Waals surface area contributed by atoms with Crippen molar-refractivity contribution in [2.45, 2.75) is 13.8 Å². The van der Waals surface area contributed by atoms with E-state index in [1.807, 2.05) is 6.07 Å². The summed E-state index contributed by atoms with van der Waals surface area (Å²) in [6, 6.07) is 9.73. The summed E-state index contributed by atoms with van der Waals surface area (Å²) in [5.74, 6) is 0.144. The van der Waals surface area contributed by atoms with E-state index in [0.717, 1.165) is 5.56 Å². The summed E-state index contributed by atoms with van der Waals surface area (Å²) in [6.07, 6.45) is 0. The predicted octanol–water partition coefficient (Wildman–Crippen LogP) is 3.27. The van der Waals surface area contributed by atoms with Crippen LogP contribution >= 0.6 is 0 Å². The number of pyridine rings is 1. The number of nitro groups is 1. The molecule has 0 saturated carbocycles. The quantitative estimate of drug-likeness (QED) is 0.630. The summed E-state index contributed by atoms with van der Waals surface area (Å²) in [4.78, 5) is 14.6. The summed E-state index contributed by atoms with van der Waals surface area (Å²) < 4.78 is 5.48. The van der Waals surface area contributed by atoms with Gasteiger partial charge in [-0.1, -0.05) is 6.07 Å². The first-order valence-electron chi connectivity index (χ1n) is 5.82. The third-order valence-electron chi connectivity index (χ3n) is 2.64. The van der Waals surface area contributed by atoms with Gasteiger partial charge in [-0.3, -0.25) is 10.1 Å². The van der Waals surface area contributed by atoms with Crippen molar-refractivity contribution in [2.75, 3.05) is 0 Å². The summed E-state index contributed by atoms with van der Waals surface area (Å²) in [5, 5.41) is 20.0. The highest BCUT2D eigenvalue weighted by Gasteiger charge is 2.17. The molecule has 2 aromatic rings. The molecule has 2 rings (SSSR count). The van der Waals surface area contributed by atoms with Crippen LogP contribution in [0.4, 0.5) is 5.69 Å². The molecule has 0 N–H and O–H groups in total. The lowest BCUT2D eigenvalue weighted by Crippen LogP contribution is -1.98. The maximum Gasteiger partial charge on any atom is 0.311 e. The van der Waals surface area contributed by atoms with E-state index in [9.17, 15) is 10.1 Å². The maximum absolute atomic E-state index is 11.0. The molecule has 0 bridgehead atoms. The Bertz CT molecular complexity index is 720. The fourth-order valence-electron chi connectivity index (χ4n) is 1.65. The zero-order chi connectivity index (χ0) is 14.7. The Labute approximate surface area is 115 Å². The highest BCUT2D eigenvalue weighted by molar-refractivity contribution is 5.51. The molecule has 100 valence electrons. The number of rotatable bonds is 3. The van der Waals surface area contributed by atoms with Gasteiger partial charge in [0.25, 0.3) is 0 Å². The lowest BCUT2D eigenvalue weighted by molar-refractivity contribution is -0.385. The van der Waals surface area contributed by atoms with Crippen LogP contribution in [-0.2, 0) is 0 Å². The van der Waals surface area contributed by atoms with Crippen LogP contribution in [0.5, 0.6) is 11.6 Å². The minimum absolute atomic E-state index is 0.0706. The van der Waals surface area contributed by atoms with Crippen LogP contribution in [0.2, 0.25) is 0 Å². The van der Waals surface area contributed by atoms with Gasteiger partial charge in [0.2, 0.25) is 11.6 Å². The van der Waals surface area contributed by atoms with Crippen molar-refractivity contribution in [2.24, 2.45) is 0 Å². The first kappa shape index (κ1) is 13.5. The minimum atomic E-state index is -0.531. The molecule has 6 nitrogen and oxygen atoms in total. The fraction of sp³-hybridized carbons (Fsp3) is 0.143. The van der Waals surface area contributed by atoms with E-state index in [1.165, 1.54) is 6.07 Å². The monoisotopic (exact) mass is 269 g/mol. The fourth-order valence-corrected chi connectivity index (χ4v) is 1.65. The highest BCUT2D eigenvalue weighted by Crippen LogP contribution is 2.32. The Hall–Kier alpha value is -2.94. The van der Waals surface area contributed by atoms with Crippen LogP contribution < -0.4 is 4.74 Å². The normalized spacial score (nSPS) is 9.85. The number of aromatic nitrogens is 1. The number of hydrogen-bond acceptors (Lipinski definition) is 5. The number of aryl methyl sites for hydroxylation is 2. The molecule has 0 amide bonds. The van der Waals surface area contributed by atoms with Gasteiger partial charge >= 0.3 is 5.69 Å². The third-order valence-corrected chi connectivity index (χ3v) is 2.64. The minimum Gasteiger partial charge on any atom is -0.430 e. The van der Waals surface area contributed by atoms with E-state index in [0.29, 0.717) is 5.69 Å². The van der Waals surface area contributed by atoms with Crippen molar-refractivity contribution in [1.29, 1.82) is 5.26 Å². The van der Waals surface area contributed by atoms with Crippen LogP contribution in [0.3, 0.4) is 0 Å². The molecule has 0 aliphatic heterocycles. The van der Waals surface area contributed by atoms with E-state index in [2.05, 4.69) is 4.98 Å². The van der Waals surface area contributed by atoms with Crippen molar-refractivity contribution in [1.82, 2.24) is 4.98 Å². The Balaban J connectivity index is 2.50. The van der Waals surface area contributed by atoms with Gasteiger partial charge in [-0.05, 0) is 37.6 Å². The van der Waals surface area contributed by atoms with Gasteiger partial charge in [0.1, 0.15) is 11.6 Å². The summed E-state index contributed by atoms with van der Waals surface area (Å²) in [5.41, 5.74) is 1.54. The molecule has 6 heteroatoms. The van der Waals surface area contributed by atoms with E-state index >= 15 is 0 Å². The van der Waals surface area contributed by atoms with E-state index in [4.69, 9.17) is 10.00 Å². The Morgan fingerprint density at radius 1 is 1.30 bits per heavy atom. The zero-order valence-corrected chi connectivity index (χ0v) is 11.0. The number of benzene rings is 1. The zero-order valence-electron chi connectivity index (χ0n) is 11.0. The molecule has 0 aliphatic rings. The van der Waals surface area contributed by atoms with Crippen molar-refractivity contribution in [3.05, 3.63) is 57.3 Å². The van der Waals surface area contributed by atoms with Gasteiger partial charge in [-0.15, -0.1) is 0 Å². The second-order valence-corrected chi connectivity index (χ2v) is 4.25. The molecule has 1 aromatic carbocycles. The molecule has 0 fully saturated rings. The van der Waals surface area contributed by atoms with E-state index in [-0.39, 0.29) is 22.9 Å². The van der Waals surface area contributed by atoms with E-state index in [1.54, 1.807) is 38.1 Å². The van der Waals surface area contributed by atoms with Crippen molar-refractivity contribution in [3.8, 4) is 17.7 Å². The SMILES string of the molecule is Cc1ccc([N+](=O)[O-])c(Oc2nc(C)ccc2C#N)c1. The van der Waals surface area contributed by atoms with Crippen LogP contribution in [-0.4, -0.2) is 9.91 Å². The largest absolute Gasteiger partial charge is 0.430 e. The second-order valence-electron chi connectivity index (χ2n) is 4.25. The molecule has 0 aliphatic carbocycles. The number of nitro benzene ring substituents is 1. The summed E-state index contributed by atoms with van der Waals surface area (Å²) in [6.45, 7) is 3.55. The lowest BCUT2D eigenvalue weighted by atomic mass is 10.2. The molecule has 0 unspecified atom stereocenters. The molecular formula is C14H11N3O3. The topological polar surface area (TPSA) is 89.1 Å². The van der Waals surface area contributed by atoms with Gasteiger partial charge < -0.3 is 4.74 Å². The average molecular weight is 269 g/mol. The summed E-state index contributed by atoms with van der Waals surface area (Å²) in [7, 11) is 0. The van der Waals surface area contributed by atoms with E-state index < -0.39 is 4.92 Å². The Morgan fingerprint density at radius 2 is 2.05 bits per heavy atom. The molecule has 0 atom stereocenters. The number of hydrogen-bond donors (Lipinski definition) is 0. The van der Waals surface area contributed by atoms with Crippen LogP contribution in [0.15, 0.2) is 30.3 Å². The number of nitriles is 1. The third kappa shape index (κ3) is 2.72. The summed E-state index contributed by atoms with van der Waals surface area (Å²) >= 11 is 0. The Kier molecular flexibility index (Phi) is 3.62. The van der Waals surface area contributed by atoms with Gasteiger partial charge in [0, 0.05) is 11.8 Å². The lowest BCUT2D eigenvalue weighted by Gasteiger charge is -2.08. The van der Waals surface area contributed by atoms with Crippen LogP contribution in [0.25, 0.3) is 0 Å². The molecule has 20 heavy (non-hydrogen) atoms. The van der Waals surface area contributed by atoms with Crippen molar-refractivity contribution >= 4 is 5.69 Å².